The maximum atomic E-state index is 12.2. The Balaban J connectivity index is 1.60. The normalized spacial score (nSPS) is 10.6. The summed E-state index contributed by atoms with van der Waals surface area (Å²) < 4.78 is 7.18. The van der Waals surface area contributed by atoms with Crippen LogP contribution in [0, 0.1) is 0 Å². The van der Waals surface area contributed by atoms with Crippen molar-refractivity contribution in [3.8, 4) is 5.75 Å². The summed E-state index contributed by atoms with van der Waals surface area (Å²) in [5, 5.41) is 2.80. The number of carbonyl (C=O) groups excluding carboxylic acids is 2. The first-order chi connectivity index (χ1) is 12.1. The van der Waals surface area contributed by atoms with E-state index in [0.717, 1.165) is 11.3 Å². The number of fused-ring (bicyclic) bond motifs is 1. The number of ether oxygens (including phenoxy) is 1. The molecule has 0 aliphatic carbocycles. The van der Waals surface area contributed by atoms with E-state index in [1.165, 1.54) is 6.92 Å². The van der Waals surface area contributed by atoms with Gasteiger partial charge in [0.15, 0.2) is 11.6 Å². The van der Waals surface area contributed by atoms with E-state index in [1.54, 1.807) is 4.57 Å². The Morgan fingerprint density at radius 1 is 1.08 bits per heavy atom. The van der Waals surface area contributed by atoms with Crippen molar-refractivity contribution in [1.82, 2.24) is 14.9 Å². The Hall–Kier alpha value is -3.15. The molecule has 0 radical (unpaired) electrons. The van der Waals surface area contributed by atoms with Crippen molar-refractivity contribution in [3.63, 3.8) is 0 Å². The minimum atomic E-state index is -0.192. The molecule has 3 rings (SSSR count). The summed E-state index contributed by atoms with van der Waals surface area (Å²) in [5.41, 5.74) is 1.47. The Labute approximate surface area is 145 Å². The van der Waals surface area contributed by atoms with Gasteiger partial charge in [0.2, 0.25) is 5.91 Å². The molecular weight excluding hydrogens is 318 g/mol. The van der Waals surface area contributed by atoms with Crippen LogP contribution in [0.3, 0.4) is 0 Å². The van der Waals surface area contributed by atoms with E-state index in [0.29, 0.717) is 18.7 Å². The van der Waals surface area contributed by atoms with Crippen molar-refractivity contribution in [2.75, 3.05) is 13.2 Å². The molecule has 0 aliphatic rings. The van der Waals surface area contributed by atoms with E-state index in [4.69, 9.17) is 4.74 Å². The fraction of sp³-hybridized carbons (Fsp3) is 0.211. The first-order valence-electron chi connectivity index (χ1n) is 8.06. The summed E-state index contributed by atoms with van der Waals surface area (Å²) in [4.78, 5) is 28.3. The molecule has 0 fully saturated rings. The highest BCUT2D eigenvalue weighted by molar-refractivity contribution is 5.95. The predicted molar refractivity (Wildman–Crippen MR) is 94.7 cm³/mol. The second kappa shape index (κ2) is 7.61. The van der Waals surface area contributed by atoms with Crippen LogP contribution in [0.4, 0.5) is 0 Å². The number of ketones is 1. The van der Waals surface area contributed by atoms with Crippen molar-refractivity contribution in [1.29, 1.82) is 0 Å². The number of rotatable bonds is 7. The second-order valence-corrected chi connectivity index (χ2v) is 5.58. The molecule has 0 saturated carbocycles. The molecule has 0 saturated heterocycles. The minimum absolute atomic E-state index is 0.0424. The van der Waals surface area contributed by atoms with Crippen LogP contribution in [0.25, 0.3) is 11.0 Å². The average molecular weight is 337 g/mol. The van der Waals surface area contributed by atoms with Crippen LogP contribution in [0.15, 0.2) is 54.6 Å². The highest BCUT2D eigenvalue weighted by Crippen LogP contribution is 2.16. The lowest BCUT2D eigenvalue weighted by atomic mass is 10.3. The van der Waals surface area contributed by atoms with Gasteiger partial charge in [-0.25, -0.2) is 4.98 Å². The lowest BCUT2D eigenvalue weighted by Gasteiger charge is -2.10. The van der Waals surface area contributed by atoms with E-state index in [9.17, 15) is 9.59 Å². The fourth-order valence-corrected chi connectivity index (χ4v) is 2.58. The molecular formula is C19H19N3O3. The maximum Gasteiger partial charge on any atom is 0.240 e. The number of amides is 1. The monoisotopic (exact) mass is 337 g/mol. The summed E-state index contributed by atoms with van der Waals surface area (Å²) in [6, 6.07) is 16.8. The third-order valence-corrected chi connectivity index (χ3v) is 3.71. The number of nitrogens with one attached hydrogen (secondary N) is 1. The molecule has 6 heteroatoms. The van der Waals surface area contributed by atoms with E-state index in [2.05, 4.69) is 10.3 Å². The number of nitrogens with zero attached hydrogens (tertiary/aromatic N) is 2. The largest absolute Gasteiger partial charge is 0.492 e. The lowest BCUT2D eigenvalue weighted by Crippen LogP contribution is -2.31. The smallest absolute Gasteiger partial charge is 0.240 e. The molecule has 2 aromatic carbocycles. The van der Waals surface area contributed by atoms with Gasteiger partial charge in [-0.15, -0.1) is 0 Å². The van der Waals surface area contributed by atoms with Crippen LogP contribution in [-0.4, -0.2) is 34.4 Å². The zero-order valence-electron chi connectivity index (χ0n) is 13.9. The number of imidazole rings is 1. The van der Waals surface area contributed by atoms with E-state index < -0.39 is 0 Å². The molecule has 1 amide bonds. The molecule has 6 nitrogen and oxygen atoms in total. The first-order valence-corrected chi connectivity index (χ1v) is 8.06. The number of hydrogen-bond donors (Lipinski definition) is 1. The Kier molecular flexibility index (Phi) is 5.09. The average Bonchev–Trinajstić information content (AvgIpc) is 2.99. The first kappa shape index (κ1) is 16.7. The quantitative estimate of drug-likeness (QED) is 0.531. The number of Topliss-reactive ketones (excluding diaryl/α,β-unsaturated/α-hetero) is 1. The molecule has 1 aromatic heterocycles. The van der Waals surface area contributed by atoms with Gasteiger partial charge in [-0.3, -0.25) is 9.59 Å². The number of carbonyl (C=O) groups is 2. The molecule has 3 aromatic rings. The molecule has 0 bridgehead atoms. The van der Waals surface area contributed by atoms with Crippen molar-refractivity contribution in [2.24, 2.45) is 0 Å². The molecule has 0 atom stereocenters. The van der Waals surface area contributed by atoms with E-state index >= 15 is 0 Å². The molecule has 1 heterocycles. The van der Waals surface area contributed by atoms with Gasteiger partial charge in [0.25, 0.3) is 0 Å². The van der Waals surface area contributed by atoms with Crippen LogP contribution in [-0.2, 0) is 11.3 Å². The zero-order chi connectivity index (χ0) is 17.6. The molecule has 0 spiro atoms. The van der Waals surface area contributed by atoms with Gasteiger partial charge in [-0.05, 0) is 24.3 Å². The van der Waals surface area contributed by atoms with Crippen LogP contribution in [0.1, 0.15) is 17.5 Å². The van der Waals surface area contributed by atoms with Crippen molar-refractivity contribution in [3.05, 3.63) is 60.4 Å². The van der Waals surface area contributed by atoms with Gasteiger partial charge < -0.3 is 14.6 Å². The fourth-order valence-electron chi connectivity index (χ4n) is 2.58. The van der Waals surface area contributed by atoms with Gasteiger partial charge in [-0.2, -0.15) is 0 Å². The molecule has 0 unspecified atom stereocenters. The Bertz CT molecular complexity index is 887. The molecule has 0 aliphatic heterocycles. The third kappa shape index (κ3) is 4.03. The third-order valence-electron chi connectivity index (χ3n) is 3.71. The highest BCUT2D eigenvalue weighted by atomic mass is 16.5. The lowest BCUT2D eigenvalue weighted by molar-refractivity contribution is -0.121. The summed E-state index contributed by atoms with van der Waals surface area (Å²) in [6.07, 6.45) is 0. The number of para-hydroxylation sites is 3. The van der Waals surface area contributed by atoms with Crippen LogP contribution >= 0.6 is 0 Å². The summed E-state index contributed by atoms with van der Waals surface area (Å²) >= 11 is 0. The van der Waals surface area contributed by atoms with Crippen molar-refractivity contribution in [2.45, 2.75) is 13.5 Å². The summed E-state index contributed by atoms with van der Waals surface area (Å²) in [7, 11) is 0. The Morgan fingerprint density at radius 2 is 1.80 bits per heavy atom. The van der Waals surface area contributed by atoms with Crippen LogP contribution in [0.5, 0.6) is 5.75 Å². The van der Waals surface area contributed by atoms with Gasteiger partial charge in [0, 0.05) is 6.92 Å². The van der Waals surface area contributed by atoms with Crippen molar-refractivity contribution >= 4 is 22.7 Å². The van der Waals surface area contributed by atoms with Gasteiger partial charge in [-0.1, -0.05) is 30.3 Å². The van der Waals surface area contributed by atoms with Crippen LogP contribution < -0.4 is 10.1 Å². The standard InChI is InChI=1S/C19H19N3O3/c1-14(23)19-21-16-9-5-6-10-17(16)22(19)13-18(24)20-11-12-25-15-7-3-2-4-8-15/h2-10H,11-13H2,1H3,(H,20,24). The van der Waals surface area contributed by atoms with Crippen LogP contribution in [0.2, 0.25) is 0 Å². The zero-order valence-corrected chi connectivity index (χ0v) is 13.9. The second-order valence-electron chi connectivity index (χ2n) is 5.58. The summed E-state index contributed by atoms with van der Waals surface area (Å²) in [5.74, 6) is 0.687. The number of hydrogen-bond acceptors (Lipinski definition) is 4. The number of benzene rings is 2. The number of aromatic nitrogens is 2. The van der Waals surface area contributed by atoms with E-state index in [-0.39, 0.29) is 24.1 Å². The maximum absolute atomic E-state index is 12.2. The van der Waals surface area contributed by atoms with Crippen molar-refractivity contribution < 1.29 is 14.3 Å². The molecule has 25 heavy (non-hydrogen) atoms. The molecule has 1 N–H and O–H groups in total. The van der Waals surface area contributed by atoms with Gasteiger partial charge >= 0.3 is 0 Å². The predicted octanol–water partition coefficient (Wildman–Crippen LogP) is 2.43. The van der Waals surface area contributed by atoms with Gasteiger partial charge in [0.1, 0.15) is 18.9 Å². The minimum Gasteiger partial charge on any atom is -0.492 e. The van der Waals surface area contributed by atoms with Gasteiger partial charge in [0.05, 0.1) is 17.6 Å². The summed E-state index contributed by atoms with van der Waals surface area (Å²) in [6.45, 7) is 2.25. The topological polar surface area (TPSA) is 73.2 Å². The van der Waals surface area contributed by atoms with E-state index in [1.807, 2.05) is 54.6 Å². The molecule has 128 valence electrons. The SMILES string of the molecule is CC(=O)c1nc2ccccc2n1CC(=O)NCCOc1ccccc1. The Morgan fingerprint density at radius 3 is 2.56 bits per heavy atom. The highest BCUT2D eigenvalue weighted by Gasteiger charge is 2.16.